The van der Waals surface area contributed by atoms with E-state index in [0.717, 1.165) is 16.1 Å². The molecule has 1 N–H and O–H groups in total. The quantitative estimate of drug-likeness (QED) is 0.429. The fourth-order valence-corrected chi connectivity index (χ4v) is 4.78. The van der Waals surface area contributed by atoms with Crippen molar-refractivity contribution < 1.29 is 27.4 Å². The summed E-state index contributed by atoms with van der Waals surface area (Å²) in [4.78, 5) is 12.8. The zero-order chi connectivity index (χ0) is 25.4. The van der Waals surface area contributed by atoms with Gasteiger partial charge in [0.2, 0.25) is 15.9 Å². The first-order valence-electron chi connectivity index (χ1n) is 11.0. The lowest BCUT2D eigenvalue weighted by Gasteiger charge is -2.28. The zero-order valence-corrected chi connectivity index (χ0v) is 21.0. The van der Waals surface area contributed by atoms with Crippen molar-refractivity contribution >= 4 is 21.6 Å². The van der Waals surface area contributed by atoms with Gasteiger partial charge >= 0.3 is 0 Å². The molecular formula is C26H30N2O6S. The summed E-state index contributed by atoms with van der Waals surface area (Å²) in [5.41, 5.74) is 1.32. The molecule has 9 heteroatoms. The molecule has 3 aromatic rings. The first-order valence-corrected chi connectivity index (χ1v) is 12.9. The van der Waals surface area contributed by atoms with Gasteiger partial charge in [0, 0.05) is 6.54 Å². The number of sulfonamides is 1. The largest absolute Gasteiger partial charge is 0.493 e. The monoisotopic (exact) mass is 498 g/mol. The molecule has 35 heavy (non-hydrogen) atoms. The molecule has 0 bridgehead atoms. The number of amides is 1. The van der Waals surface area contributed by atoms with Gasteiger partial charge in [-0.05, 0) is 67.4 Å². The molecule has 3 aromatic carbocycles. The fourth-order valence-electron chi connectivity index (χ4n) is 3.61. The number of benzene rings is 3. The van der Waals surface area contributed by atoms with E-state index >= 15 is 0 Å². The highest BCUT2D eigenvalue weighted by Crippen LogP contribution is 2.28. The van der Waals surface area contributed by atoms with E-state index in [9.17, 15) is 13.2 Å². The third-order valence-corrected chi connectivity index (χ3v) is 6.56. The maximum atomic E-state index is 12.8. The average molecular weight is 499 g/mol. The second kappa shape index (κ2) is 11.6. The van der Waals surface area contributed by atoms with Gasteiger partial charge in [-0.15, -0.1) is 0 Å². The third kappa shape index (κ3) is 6.89. The number of anilines is 1. The molecule has 0 aliphatic heterocycles. The lowest BCUT2D eigenvalue weighted by atomic mass is 10.1. The Hall–Kier alpha value is -3.72. The standard InChI is InChI=1S/C26H30N2O6S/c1-19(26(29)27-17-16-20-10-15-24(32-2)25(18-20)33-3)28(35(4,30)31)21-11-13-23(14-12-21)34-22-8-6-5-7-9-22/h5-15,18-19H,16-17H2,1-4H3,(H,27,29). The van der Waals surface area contributed by atoms with Crippen molar-refractivity contribution in [3.63, 3.8) is 0 Å². The highest BCUT2D eigenvalue weighted by molar-refractivity contribution is 7.92. The third-order valence-electron chi connectivity index (χ3n) is 5.32. The lowest BCUT2D eigenvalue weighted by Crippen LogP contribution is -2.48. The highest BCUT2D eigenvalue weighted by Gasteiger charge is 2.29. The predicted octanol–water partition coefficient (Wildman–Crippen LogP) is 4.01. The zero-order valence-electron chi connectivity index (χ0n) is 20.2. The number of hydrogen-bond donors (Lipinski definition) is 1. The minimum atomic E-state index is -3.73. The van der Waals surface area contributed by atoms with Crippen LogP contribution < -0.4 is 23.8 Å². The molecule has 1 atom stereocenters. The number of methoxy groups -OCH3 is 2. The molecule has 0 radical (unpaired) electrons. The van der Waals surface area contributed by atoms with Crippen LogP contribution in [-0.4, -0.2) is 47.4 Å². The molecule has 0 saturated heterocycles. The molecule has 0 aliphatic carbocycles. The summed E-state index contributed by atoms with van der Waals surface area (Å²) in [6, 6.07) is 20.4. The van der Waals surface area contributed by atoms with E-state index in [1.807, 2.05) is 42.5 Å². The minimum Gasteiger partial charge on any atom is -0.493 e. The Morgan fingerprint density at radius 1 is 0.914 bits per heavy atom. The molecule has 3 rings (SSSR count). The summed E-state index contributed by atoms with van der Waals surface area (Å²) in [7, 11) is -0.600. The van der Waals surface area contributed by atoms with E-state index in [4.69, 9.17) is 14.2 Å². The van der Waals surface area contributed by atoms with Gasteiger partial charge in [-0.25, -0.2) is 8.42 Å². The van der Waals surface area contributed by atoms with Crippen molar-refractivity contribution in [1.82, 2.24) is 5.32 Å². The van der Waals surface area contributed by atoms with Crippen molar-refractivity contribution in [2.24, 2.45) is 0 Å². The number of para-hydroxylation sites is 1. The smallest absolute Gasteiger partial charge is 0.243 e. The molecule has 0 saturated carbocycles. The van der Waals surface area contributed by atoms with Gasteiger partial charge in [0.05, 0.1) is 26.2 Å². The van der Waals surface area contributed by atoms with Gasteiger partial charge in [-0.2, -0.15) is 0 Å². The molecule has 1 unspecified atom stereocenters. The number of nitrogens with zero attached hydrogens (tertiary/aromatic N) is 1. The van der Waals surface area contributed by atoms with Crippen LogP contribution in [0, 0.1) is 0 Å². The highest BCUT2D eigenvalue weighted by atomic mass is 32.2. The molecular weight excluding hydrogens is 468 g/mol. The summed E-state index contributed by atoms with van der Waals surface area (Å²) in [6.07, 6.45) is 1.62. The summed E-state index contributed by atoms with van der Waals surface area (Å²) in [6.45, 7) is 1.89. The Labute approximate surface area is 206 Å². The van der Waals surface area contributed by atoms with E-state index in [1.165, 1.54) is 0 Å². The first-order chi connectivity index (χ1) is 16.7. The van der Waals surface area contributed by atoms with Crippen LogP contribution in [0.1, 0.15) is 12.5 Å². The van der Waals surface area contributed by atoms with E-state index in [0.29, 0.717) is 41.7 Å². The van der Waals surface area contributed by atoms with Crippen LogP contribution in [0.3, 0.4) is 0 Å². The second-order valence-corrected chi connectivity index (χ2v) is 9.73. The van der Waals surface area contributed by atoms with Crippen molar-refractivity contribution in [1.29, 1.82) is 0 Å². The molecule has 186 valence electrons. The SMILES string of the molecule is COc1ccc(CCNC(=O)C(C)N(c2ccc(Oc3ccccc3)cc2)S(C)(=O)=O)cc1OC. The molecule has 8 nitrogen and oxygen atoms in total. The Morgan fingerprint density at radius 2 is 1.54 bits per heavy atom. The molecule has 0 fully saturated rings. The van der Waals surface area contributed by atoms with Crippen LogP contribution in [-0.2, 0) is 21.2 Å². The van der Waals surface area contributed by atoms with Crippen molar-refractivity contribution in [2.45, 2.75) is 19.4 Å². The lowest BCUT2D eigenvalue weighted by molar-refractivity contribution is -0.121. The number of hydrogen-bond acceptors (Lipinski definition) is 6. The van der Waals surface area contributed by atoms with Crippen molar-refractivity contribution in [3.8, 4) is 23.0 Å². The normalized spacial score (nSPS) is 11.9. The summed E-state index contributed by atoms with van der Waals surface area (Å²) in [5.74, 6) is 2.05. The Kier molecular flexibility index (Phi) is 8.59. The molecule has 0 aliphatic rings. The van der Waals surface area contributed by atoms with Crippen LogP contribution in [0.2, 0.25) is 0 Å². The van der Waals surface area contributed by atoms with Crippen molar-refractivity contribution in [2.75, 3.05) is 31.3 Å². The molecule has 0 spiro atoms. The average Bonchev–Trinajstić information content (AvgIpc) is 2.84. The van der Waals surface area contributed by atoms with Crippen molar-refractivity contribution in [3.05, 3.63) is 78.4 Å². The van der Waals surface area contributed by atoms with Gasteiger partial charge in [0.15, 0.2) is 11.5 Å². The number of ether oxygens (including phenoxy) is 3. The summed E-state index contributed by atoms with van der Waals surface area (Å²) >= 11 is 0. The van der Waals surface area contributed by atoms with Crippen LogP contribution in [0.15, 0.2) is 72.8 Å². The van der Waals surface area contributed by atoms with E-state index in [-0.39, 0.29) is 0 Å². The first kappa shape index (κ1) is 25.9. The maximum absolute atomic E-state index is 12.8. The van der Waals surface area contributed by atoms with E-state index < -0.39 is 22.0 Å². The number of carbonyl (C=O) groups is 1. The Bertz CT molecular complexity index is 1230. The van der Waals surface area contributed by atoms with Gasteiger partial charge in [0.25, 0.3) is 0 Å². The van der Waals surface area contributed by atoms with E-state index in [1.54, 1.807) is 51.5 Å². The second-order valence-electron chi connectivity index (χ2n) is 7.87. The summed E-state index contributed by atoms with van der Waals surface area (Å²) in [5, 5.41) is 2.82. The number of nitrogens with one attached hydrogen (secondary N) is 1. The van der Waals surface area contributed by atoms with Gasteiger partial charge in [-0.3, -0.25) is 9.10 Å². The number of carbonyl (C=O) groups excluding carboxylic acids is 1. The minimum absolute atomic E-state index is 0.333. The fraction of sp³-hybridized carbons (Fsp3) is 0.269. The Morgan fingerprint density at radius 3 is 2.14 bits per heavy atom. The van der Waals surface area contributed by atoms with Gasteiger partial charge in [-0.1, -0.05) is 24.3 Å². The van der Waals surface area contributed by atoms with Gasteiger partial charge < -0.3 is 19.5 Å². The summed E-state index contributed by atoms with van der Waals surface area (Å²) < 4.78 is 42.6. The van der Waals surface area contributed by atoms with E-state index in [2.05, 4.69) is 5.32 Å². The topological polar surface area (TPSA) is 94.2 Å². The van der Waals surface area contributed by atoms with Crippen LogP contribution in [0.5, 0.6) is 23.0 Å². The number of rotatable bonds is 11. The van der Waals surface area contributed by atoms with Crippen LogP contribution in [0.4, 0.5) is 5.69 Å². The molecule has 1 amide bonds. The van der Waals surface area contributed by atoms with Crippen LogP contribution in [0.25, 0.3) is 0 Å². The molecule has 0 aromatic heterocycles. The maximum Gasteiger partial charge on any atom is 0.243 e. The van der Waals surface area contributed by atoms with Crippen LogP contribution >= 0.6 is 0 Å². The predicted molar refractivity (Wildman–Crippen MR) is 136 cm³/mol. The molecule has 0 heterocycles. The Balaban J connectivity index is 1.66. The van der Waals surface area contributed by atoms with Gasteiger partial charge in [0.1, 0.15) is 17.5 Å².